The number of amidine groups is 1. The summed E-state index contributed by atoms with van der Waals surface area (Å²) in [5, 5.41) is 44.4. The van der Waals surface area contributed by atoms with Crippen LogP contribution in [-0.2, 0) is 45.7 Å². The second-order valence-corrected chi connectivity index (χ2v) is 32.7. The summed E-state index contributed by atoms with van der Waals surface area (Å²) >= 11 is 16.1. The van der Waals surface area contributed by atoms with E-state index < -0.39 is 61.2 Å². The van der Waals surface area contributed by atoms with Crippen LogP contribution in [0.4, 0.5) is 17.5 Å². The van der Waals surface area contributed by atoms with Gasteiger partial charge in [-0.3, -0.25) is 38.6 Å². The number of aliphatic imine (C=N–C) groups is 1. The van der Waals surface area contributed by atoms with Gasteiger partial charge in [-0.05, 0) is 145 Å². The highest BCUT2D eigenvalue weighted by molar-refractivity contribution is 7.99. The molecule has 2 amide bonds. The van der Waals surface area contributed by atoms with Gasteiger partial charge >= 0.3 is 11.4 Å². The topological polar surface area (TPSA) is 494 Å². The summed E-state index contributed by atoms with van der Waals surface area (Å²) < 4.78 is 53.4. The number of sulfonamides is 1. The number of amides is 2. The van der Waals surface area contributed by atoms with Crippen LogP contribution in [-0.4, -0.2) is 202 Å². The van der Waals surface area contributed by atoms with Crippen molar-refractivity contribution in [1.82, 2.24) is 64.1 Å². The number of aryl methyl sites for hydroxylation is 5. The van der Waals surface area contributed by atoms with Gasteiger partial charge in [-0.1, -0.05) is 70.9 Å². The first-order valence-corrected chi connectivity index (χ1v) is 40.7. The number of rotatable bonds is 6. The SMILES string of the molecule is CN1C(=O)C2=C(CCCC2)C1=O.CS[C@@]1(n2cnc3c(O)ncnc32)O[C@H](CO)[C@@H](O)[C@H]1O.CSc1cc(=O)[nH]c(=O)[nH]1.Cc1cc(=O)[nH]c(=O)[nH]1.Cc1cc2c(cc1S(N)(=O)=O)S(=O)(=O)CCC2.Cc1ccc2c(c1)C(N1CCN(C)CC1)=Nc1ccccc1S2.Cc1nc(N)nc(N)c1-c1ccc(Cl)c(Cl)c1. The van der Waals surface area contributed by atoms with E-state index in [1.807, 2.05) is 29.7 Å². The maximum absolute atomic E-state index is 11.8. The number of thioether (sulfide) groups is 2. The zero-order chi connectivity index (χ0) is 79.6. The number of nitrogens with one attached hydrogen (secondary N) is 4. The van der Waals surface area contributed by atoms with Crippen LogP contribution in [0, 0.1) is 27.7 Å². The number of sulfone groups is 1. The number of ether oxygens (including phenoxy) is 1. The molecule has 4 aromatic carbocycles. The maximum atomic E-state index is 11.8. The predicted octanol–water partition coefficient (Wildman–Crippen LogP) is 5.70. The van der Waals surface area contributed by atoms with E-state index in [1.165, 1.54) is 66.7 Å². The van der Waals surface area contributed by atoms with Gasteiger partial charge in [-0.15, -0.1) is 23.5 Å². The van der Waals surface area contributed by atoms with Gasteiger partial charge in [0.25, 0.3) is 22.9 Å². The van der Waals surface area contributed by atoms with E-state index in [0.29, 0.717) is 56.2 Å². The molecule has 0 spiro atoms. The molecule has 0 saturated carbocycles. The molecule has 1 aliphatic carbocycles. The van der Waals surface area contributed by atoms with Gasteiger partial charge in [0.15, 0.2) is 21.0 Å². The van der Waals surface area contributed by atoms with Gasteiger partial charge in [0.1, 0.15) is 42.6 Å². The van der Waals surface area contributed by atoms with E-state index in [4.69, 9.17) is 49.5 Å². The summed E-state index contributed by atoms with van der Waals surface area (Å²) in [6.07, 6.45) is 7.38. The Labute approximate surface area is 648 Å². The quantitative estimate of drug-likeness (QED) is 0.0540. The molecule has 580 valence electrons. The number of H-pyrrole nitrogens is 4. The Bertz CT molecular complexity index is 5350. The number of piperazine rings is 1. The third-order valence-corrected chi connectivity index (χ3v) is 24.2. The first kappa shape index (κ1) is 83.9. The van der Waals surface area contributed by atoms with Crippen molar-refractivity contribution in [2.24, 2.45) is 10.1 Å². The van der Waals surface area contributed by atoms with Gasteiger partial charge in [0.2, 0.25) is 26.9 Å². The number of likely N-dealkylation sites (N-methyl/N-ethyl adjacent to an activating group) is 2. The van der Waals surface area contributed by atoms with Crippen LogP contribution in [0.5, 0.6) is 5.88 Å². The highest BCUT2D eigenvalue weighted by Crippen LogP contribution is 2.46. The van der Waals surface area contributed by atoms with Gasteiger partial charge in [0, 0.05) is 83.1 Å². The number of imide groups is 1. The zero-order valence-corrected chi connectivity index (χ0v) is 65.8. The number of aromatic hydroxyl groups is 1. The number of imidazole rings is 1. The Kier molecular flexibility index (Phi) is 27.9. The Morgan fingerprint density at radius 3 is 2.02 bits per heavy atom. The second-order valence-electron chi connectivity index (χ2n) is 25.4. The van der Waals surface area contributed by atoms with Crippen molar-refractivity contribution in [3.05, 3.63) is 194 Å². The number of hydrogen-bond acceptors (Lipinski definition) is 28. The first-order chi connectivity index (χ1) is 51.6. The van der Waals surface area contributed by atoms with E-state index in [2.05, 4.69) is 106 Å². The monoisotopic (exact) mass is 1630 g/mol. The maximum Gasteiger partial charge on any atom is 0.326 e. The number of aromatic amines is 4. The van der Waals surface area contributed by atoms with Crippen molar-refractivity contribution in [3.8, 4) is 17.0 Å². The lowest BCUT2D eigenvalue weighted by molar-refractivity contribution is -0.136. The molecule has 0 unspecified atom stereocenters. The van der Waals surface area contributed by atoms with Crippen molar-refractivity contribution in [3.63, 3.8) is 0 Å². The van der Waals surface area contributed by atoms with Crippen LogP contribution < -0.4 is 39.1 Å². The third kappa shape index (κ3) is 20.1. The largest absolute Gasteiger partial charge is 0.492 e. The number of benzene rings is 4. The molecule has 6 aliphatic rings. The van der Waals surface area contributed by atoms with Crippen LogP contribution >= 0.6 is 58.5 Å². The van der Waals surface area contributed by atoms with Crippen molar-refractivity contribution in [1.29, 1.82) is 0 Å². The molecule has 0 bridgehead atoms. The molecular formula is C70H81Cl2N17O15S5. The summed E-state index contributed by atoms with van der Waals surface area (Å²) in [7, 11) is -3.49. The molecule has 0 radical (unpaired) electrons. The number of hydrogen-bond donors (Lipinski definition) is 11. The number of carbonyl (C=O) groups is 2. The molecular weight excluding hydrogens is 1550 g/mol. The third-order valence-electron chi connectivity index (χ3n) is 17.7. The number of carbonyl (C=O) groups excluding carboxylic acids is 2. The molecule has 4 atom stereocenters. The Balaban J connectivity index is 0.000000150. The number of nitrogens with zero attached hydrogens (tertiary/aromatic N) is 10. The predicted molar refractivity (Wildman–Crippen MR) is 419 cm³/mol. The molecule has 109 heavy (non-hydrogen) atoms. The number of nitrogen functional groups attached to an aromatic ring is 2. The molecule has 14 N–H and O–H groups in total. The number of halogens is 2. The fraction of sp³-hybridized carbons (Fsp3) is 0.343. The minimum absolute atomic E-state index is 0.0626. The van der Waals surface area contributed by atoms with Crippen LogP contribution in [0.25, 0.3) is 22.3 Å². The summed E-state index contributed by atoms with van der Waals surface area (Å²) in [6.45, 7) is 11.1. The molecule has 2 saturated heterocycles. The van der Waals surface area contributed by atoms with Crippen LogP contribution in [0.2, 0.25) is 10.0 Å². The second kappa shape index (κ2) is 36.2. The van der Waals surface area contributed by atoms with E-state index in [9.17, 15) is 66.0 Å². The molecule has 5 aromatic heterocycles. The minimum Gasteiger partial charge on any atom is -0.492 e. The summed E-state index contributed by atoms with van der Waals surface area (Å²) in [4.78, 5) is 107. The van der Waals surface area contributed by atoms with Crippen LogP contribution in [0.1, 0.15) is 65.7 Å². The Hall–Kier alpha value is -9.09. The normalized spacial score (nSPS) is 19.0. The Morgan fingerprint density at radius 2 is 1.42 bits per heavy atom. The molecule has 5 aliphatic heterocycles. The number of aromatic nitrogens is 10. The Morgan fingerprint density at radius 1 is 0.761 bits per heavy atom. The lowest BCUT2D eigenvalue weighted by Gasteiger charge is -2.35. The molecule has 39 heteroatoms. The average Bonchev–Trinajstić information content (AvgIpc) is 1.60. The number of nitrogens with two attached hydrogens (primary N) is 3. The first-order valence-electron chi connectivity index (χ1n) is 33.5. The van der Waals surface area contributed by atoms with Crippen molar-refractivity contribution >= 4 is 125 Å². The summed E-state index contributed by atoms with van der Waals surface area (Å²) in [5.74, 6) is 1.24. The fourth-order valence-corrected chi connectivity index (χ4v) is 17.4. The highest BCUT2D eigenvalue weighted by Gasteiger charge is 2.56. The minimum atomic E-state index is -3.88. The average molecular weight is 1630 g/mol. The number of aliphatic hydroxyl groups is 3. The lowest BCUT2D eigenvalue weighted by Crippen LogP contribution is -2.47. The standard InChI is InChI=1S/C19H21N3S.C11H10Cl2N4.C11H14N4O5S.C10H13NO4S2.C9H11NO2.C5H6N2O2S.C5H6N2O2/c1-14-7-8-17-15(13-14)19(22-11-9-21(2)10-12-22)20-16-5-3-4-6-18(16)23-17;1-5-9(10(14)17-11(15)16-5)6-2-3-7(12)8(13)4-6;1-21-11(8(18)7(17)5(2-16)20-11)15-4-14-6-9(15)12-3-13-10(6)19;1-7-5-8-3-2-4-16(12,13)10(8)6-9(7)17(11,14)15;1-10-8(11)6-4-2-3-5-7(6)9(10)12;1-10-4-2-3(8)6-5(9)7-4;1-3-2-4(8)7-5(9)6-3/h3-8,13H,9-12H2,1-2H3;2-4H,1H3,(H4,14,15,16,17);3-5,7-8,16-18H,2H2,1H3,(H,12,13,19);5-6H,2-4H2,1H3,(H2,11,14,15);2-5H2,1H3;2H,1H3,(H2,6,7,8,9);2H,1H3,(H2,6,7,8,9)/t;;5-,7-,8-,11+;;;;/m..1..../s1. The summed E-state index contributed by atoms with van der Waals surface area (Å²) in [6, 6.07) is 25.9. The smallest absolute Gasteiger partial charge is 0.326 e. The van der Waals surface area contributed by atoms with Crippen molar-refractivity contribution in [2.45, 2.75) is 114 Å². The van der Waals surface area contributed by atoms with E-state index in [1.54, 1.807) is 51.6 Å². The van der Waals surface area contributed by atoms with E-state index in [0.717, 1.165) is 104 Å². The molecule has 32 nitrogen and oxygen atoms in total. The highest BCUT2D eigenvalue weighted by atomic mass is 35.5. The molecule has 2 fully saturated rings. The fourth-order valence-electron chi connectivity index (χ4n) is 12.3. The van der Waals surface area contributed by atoms with Crippen LogP contribution in [0.3, 0.4) is 0 Å². The van der Waals surface area contributed by atoms with Gasteiger partial charge in [-0.25, -0.2) is 51.5 Å². The summed E-state index contributed by atoms with van der Waals surface area (Å²) in [5.41, 5.74) is 19.3. The number of para-hydroxylation sites is 1. The van der Waals surface area contributed by atoms with Gasteiger partial charge < -0.3 is 56.4 Å². The van der Waals surface area contributed by atoms with Crippen molar-refractivity contribution < 1.29 is 51.6 Å². The molecule has 10 heterocycles. The van der Waals surface area contributed by atoms with E-state index in [-0.39, 0.29) is 61.5 Å². The zero-order valence-electron chi connectivity index (χ0n) is 60.2. The van der Waals surface area contributed by atoms with Gasteiger partial charge in [0.05, 0.1) is 48.6 Å². The van der Waals surface area contributed by atoms with Crippen LogP contribution in [0.15, 0.2) is 158 Å². The number of anilines is 2. The van der Waals surface area contributed by atoms with E-state index >= 15 is 0 Å². The lowest BCUT2D eigenvalue weighted by atomic mass is 9.93. The number of aliphatic hydroxyl groups excluding tert-OH is 3. The number of fused-ring (bicyclic) bond motifs is 4. The number of primary sulfonamides is 1. The molecule has 9 aromatic rings. The molecule has 15 rings (SSSR count). The van der Waals surface area contributed by atoms with Gasteiger partial charge in [-0.2, -0.15) is 9.97 Å². The van der Waals surface area contributed by atoms with Crippen molar-refractivity contribution in [2.75, 3.05) is 76.6 Å².